The minimum atomic E-state index is 0.554. The van der Waals surface area contributed by atoms with Crippen LogP contribution in [0.2, 0.25) is 10.0 Å². The average molecular weight is 284 g/mol. The molecule has 2 aromatic rings. The molecule has 1 aromatic carbocycles. The first-order chi connectivity index (χ1) is 8.70. The van der Waals surface area contributed by atoms with Crippen LogP contribution in [-0.4, -0.2) is 9.55 Å². The van der Waals surface area contributed by atoms with E-state index in [4.69, 9.17) is 23.2 Å². The van der Waals surface area contributed by atoms with Gasteiger partial charge in [0.25, 0.3) is 0 Å². The third kappa shape index (κ3) is 3.18. The van der Waals surface area contributed by atoms with Crippen LogP contribution in [-0.2, 0) is 13.1 Å². The Bertz CT molecular complexity index is 523. The van der Waals surface area contributed by atoms with Gasteiger partial charge in [-0.25, -0.2) is 4.98 Å². The molecule has 0 saturated carbocycles. The number of nitrogens with zero attached hydrogens (tertiary/aromatic N) is 2. The van der Waals surface area contributed by atoms with E-state index in [2.05, 4.69) is 21.8 Å². The second kappa shape index (κ2) is 6.12. The van der Waals surface area contributed by atoms with Crippen molar-refractivity contribution in [2.24, 2.45) is 0 Å². The molecule has 0 atom stereocenters. The zero-order chi connectivity index (χ0) is 13.0. The van der Waals surface area contributed by atoms with Gasteiger partial charge in [0.1, 0.15) is 5.82 Å². The predicted molar refractivity (Wildman–Crippen MR) is 76.3 cm³/mol. The van der Waals surface area contributed by atoms with Crippen molar-refractivity contribution in [1.82, 2.24) is 9.55 Å². The second-order valence-electron chi connectivity index (χ2n) is 4.02. The molecule has 1 aromatic heterocycles. The van der Waals surface area contributed by atoms with Crippen LogP contribution in [0.3, 0.4) is 0 Å². The third-order valence-electron chi connectivity index (χ3n) is 2.64. The predicted octanol–water partition coefficient (Wildman–Crippen LogP) is 4.21. The van der Waals surface area contributed by atoms with Crippen LogP contribution in [0.5, 0.6) is 0 Å². The number of hydrogen-bond donors (Lipinski definition) is 1. The highest BCUT2D eigenvalue weighted by Crippen LogP contribution is 2.25. The van der Waals surface area contributed by atoms with Gasteiger partial charge in [-0.15, -0.1) is 0 Å². The zero-order valence-corrected chi connectivity index (χ0v) is 11.7. The molecule has 96 valence electrons. The molecule has 0 radical (unpaired) electrons. The van der Waals surface area contributed by atoms with Crippen LogP contribution in [0.4, 0.5) is 5.69 Å². The van der Waals surface area contributed by atoms with Crippen molar-refractivity contribution in [1.29, 1.82) is 0 Å². The Morgan fingerprint density at radius 3 is 2.83 bits per heavy atom. The van der Waals surface area contributed by atoms with E-state index in [0.29, 0.717) is 16.6 Å². The highest BCUT2D eigenvalue weighted by Gasteiger charge is 2.03. The first-order valence-electron chi connectivity index (χ1n) is 5.89. The van der Waals surface area contributed by atoms with Gasteiger partial charge in [0.15, 0.2) is 0 Å². The van der Waals surface area contributed by atoms with Crippen molar-refractivity contribution >= 4 is 28.9 Å². The fourth-order valence-electron chi connectivity index (χ4n) is 1.74. The molecule has 0 aliphatic heterocycles. The lowest BCUT2D eigenvalue weighted by Gasteiger charge is -2.09. The summed E-state index contributed by atoms with van der Waals surface area (Å²) in [6.45, 7) is 3.81. The van der Waals surface area contributed by atoms with Gasteiger partial charge in [-0.05, 0) is 24.6 Å². The number of halogens is 2. The van der Waals surface area contributed by atoms with Crippen molar-refractivity contribution in [3.8, 4) is 0 Å². The average Bonchev–Trinajstić information content (AvgIpc) is 2.79. The molecule has 1 N–H and O–H groups in total. The summed E-state index contributed by atoms with van der Waals surface area (Å²) in [4.78, 5) is 4.33. The summed E-state index contributed by atoms with van der Waals surface area (Å²) in [5.41, 5.74) is 0.940. The molecular weight excluding hydrogens is 269 g/mol. The molecule has 0 aliphatic carbocycles. The molecule has 0 spiro atoms. The Morgan fingerprint density at radius 2 is 2.11 bits per heavy atom. The van der Waals surface area contributed by atoms with Gasteiger partial charge in [0, 0.05) is 24.6 Å². The standard InChI is InChI=1S/C13H15Cl2N3/c1-2-6-18-7-5-16-13(18)9-17-10-3-4-11(14)12(15)8-10/h3-5,7-8,17H,2,6,9H2,1H3. The summed E-state index contributed by atoms with van der Waals surface area (Å²) in [6, 6.07) is 5.50. The molecule has 0 bridgehead atoms. The minimum Gasteiger partial charge on any atom is -0.378 e. The third-order valence-corrected chi connectivity index (χ3v) is 3.38. The van der Waals surface area contributed by atoms with Crippen molar-refractivity contribution < 1.29 is 0 Å². The van der Waals surface area contributed by atoms with Gasteiger partial charge < -0.3 is 9.88 Å². The molecule has 1 heterocycles. The van der Waals surface area contributed by atoms with Gasteiger partial charge in [-0.1, -0.05) is 30.1 Å². The van der Waals surface area contributed by atoms with Gasteiger partial charge in [0.05, 0.1) is 16.6 Å². The zero-order valence-electron chi connectivity index (χ0n) is 10.2. The summed E-state index contributed by atoms with van der Waals surface area (Å²) < 4.78 is 2.14. The van der Waals surface area contributed by atoms with E-state index < -0.39 is 0 Å². The number of hydrogen-bond acceptors (Lipinski definition) is 2. The lowest BCUT2D eigenvalue weighted by Crippen LogP contribution is -2.08. The number of benzene rings is 1. The van der Waals surface area contributed by atoms with Crippen molar-refractivity contribution in [3.05, 3.63) is 46.5 Å². The van der Waals surface area contributed by atoms with Gasteiger partial charge in [-0.2, -0.15) is 0 Å². The van der Waals surface area contributed by atoms with Crippen LogP contribution >= 0.6 is 23.2 Å². The number of imidazole rings is 1. The molecule has 18 heavy (non-hydrogen) atoms. The molecule has 2 rings (SSSR count). The Balaban J connectivity index is 2.02. The van der Waals surface area contributed by atoms with E-state index in [0.717, 1.165) is 24.5 Å². The minimum absolute atomic E-state index is 0.554. The number of rotatable bonds is 5. The lowest BCUT2D eigenvalue weighted by molar-refractivity contribution is 0.644. The van der Waals surface area contributed by atoms with Crippen LogP contribution in [0.25, 0.3) is 0 Å². The molecule has 5 heteroatoms. The summed E-state index contributed by atoms with van der Waals surface area (Å²) in [6.07, 6.45) is 4.91. The molecule has 0 unspecified atom stereocenters. The smallest absolute Gasteiger partial charge is 0.128 e. The van der Waals surface area contributed by atoms with E-state index in [9.17, 15) is 0 Å². The number of nitrogens with one attached hydrogen (secondary N) is 1. The maximum Gasteiger partial charge on any atom is 0.128 e. The Labute approximate surface area is 117 Å². The summed E-state index contributed by atoms with van der Waals surface area (Å²) >= 11 is 11.8. The maximum atomic E-state index is 5.96. The number of aryl methyl sites for hydroxylation is 1. The van der Waals surface area contributed by atoms with Crippen LogP contribution in [0.15, 0.2) is 30.6 Å². The second-order valence-corrected chi connectivity index (χ2v) is 4.83. The fourth-order valence-corrected chi connectivity index (χ4v) is 2.04. The largest absolute Gasteiger partial charge is 0.378 e. The molecule has 0 aliphatic rings. The Kier molecular flexibility index (Phi) is 4.50. The van der Waals surface area contributed by atoms with E-state index in [1.807, 2.05) is 24.5 Å². The highest BCUT2D eigenvalue weighted by atomic mass is 35.5. The van der Waals surface area contributed by atoms with Crippen LogP contribution in [0.1, 0.15) is 19.2 Å². The normalized spacial score (nSPS) is 10.6. The molecular formula is C13H15Cl2N3. The first kappa shape index (κ1) is 13.2. The summed E-state index contributed by atoms with van der Waals surface area (Å²) in [5.74, 6) is 1.02. The van der Waals surface area contributed by atoms with Crippen LogP contribution in [0, 0.1) is 0 Å². The number of anilines is 1. The van der Waals surface area contributed by atoms with Crippen LogP contribution < -0.4 is 5.32 Å². The first-order valence-corrected chi connectivity index (χ1v) is 6.65. The SMILES string of the molecule is CCCn1ccnc1CNc1ccc(Cl)c(Cl)c1. The molecule has 0 fully saturated rings. The van der Waals surface area contributed by atoms with E-state index >= 15 is 0 Å². The summed E-state index contributed by atoms with van der Waals surface area (Å²) in [5, 5.41) is 4.41. The maximum absolute atomic E-state index is 5.96. The summed E-state index contributed by atoms with van der Waals surface area (Å²) in [7, 11) is 0. The Morgan fingerprint density at radius 1 is 1.28 bits per heavy atom. The van der Waals surface area contributed by atoms with Gasteiger partial charge >= 0.3 is 0 Å². The van der Waals surface area contributed by atoms with Gasteiger partial charge in [0.2, 0.25) is 0 Å². The van der Waals surface area contributed by atoms with Crippen molar-refractivity contribution in [2.45, 2.75) is 26.4 Å². The molecule has 3 nitrogen and oxygen atoms in total. The van der Waals surface area contributed by atoms with E-state index in [1.54, 1.807) is 6.07 Å². The molecule has 0 amide bonds. The molecule has 0 saturated heterocycles. The highest BCUT2D eigenvalue weighted by molar-refractivity contribution is 6.42. The number of aromatic nitrogens is 2. The quantitative estimate of drug-likeness (QED) is 0.891. The van der Waals surface area contributed by atoms with E-state index in [-0.39, 0.29) is 0 Å². The fraction of sp³-hybridized carbons (Fsp3) is 0.308. The monoisotopic (exact) mass is 283 g/mol. The van der Waals surface area contributed by atoms with Gasteiger partial charge in [-0.3, -0.25) is 0 Å². The lowest BCUT2D eigenvalue weighted by atomic mass is 10.3. The topological polar surface area (TPSA) is 29.9 Å². The van der Waals surface area contributed by atoms with Crippen molar-refractivity contribution in [3.63, 3.8) is 0 Å². The van der Waals surface area contributed by atoms with Crippen molar-refractivity contribution in [2.75, 3.05) is 5.32 Å². The Hall–Kier alpha value is -1.19. The van der Waals surface area contributed by atoms with E-state index in [1.165, 1.54) is 0 Å².